The molecule has 0 bridgehead atoms. The first-order chi connectivity index (χ1) is 16.4. The van der Waals surface area contributed by atoms with E-state index in [4.69, 9.17) is 14.2 Å². The predicted molar refractivity (Wildman–Crippen MR) is 126 cm³/mol. The number of ether oxygens (including phenoxy) is 3. The van der Waals surface area contributed by atoms with Gasteiger partial charge < -0.3 is 19.1 Å². The molecule has 2 amide bonds. The molecule has 1 saturated heterocycles. The first-order valence-corrected chi connectivity index (χ1v) is 11.7. The number of aromatic nitrogens is 3. The standard InChI is InChI=1S/C23H25N5O5S/c1-14(2)32-19-10-17(21(29)27-23-25-15(3)13-34-23)11-20(26-19)33-18-5-4-16(12-24-18)22(30)28-6-8-31-9-7-28/h4-5,10-14H,6-9H2,1-3H3,(H,25,27,29). The van der Waals surface area contributed by atoms with E-state index < -0.39 is 0 Å². The van der Waals surface area contributed by atoms with Gasteiger partial charge in [-0.15, -0.1) is 11.3 Å². The number of carbonyl (C=O) groups excluding carboxylic acids is 2. The first kappa shape index (κ1) is 23.6. The molecule has 10 nitrogen and oxygen atoms in total. The van der Waals surface area contributed by atoms with E-state index in [2.05, 4.69) is 20.3 Å². The van der Waals surface area contributed by atoms with Gasteiger partial charge in [-0.25, -0.2) is 9.97 Å². The molecule has 34 heavy (non-hydrogen) atoms. The Balaban J connectivity index is 1.51. The SMILES string of the molecule is Cc1csc(NC(=O)c2cc(Oc3ccc(C(=O)N4CCOCC4)cn3)nc(OC(C)C)c2)n1. The number of hydrogen-bond donors (Lipinski definition) is 1. The Hall–Kier alpha value is -3.57. The average molecular weight is 484 g/mol. The molecule has 3 aromatic rings. The lowest BCUT2D eigenvalue weighted by Crippen LogP contribution is -2.40. The second kappa shape index (κ2) is 10.6. The maximum atomic E-state index is 12.8. The minimum Gasteiger partial charge on any atom is -0.475 e. The average Bonchev–Trinajstić information content (AvgIpc) is 3.23. The highest BCUT2D eigenvalue weighted by Gasteiger charge is 2.19. The van der Waals surface area contributed by atoms with Crippen molar-refractivity contribution >= 4 is 28.3 Å². The zero-order chi connectivity index (χ0) is 24.1. The molecule has 0 saturated carbocycles. The number of amides is 2. The first-order valence-electron chi connectivity index (χ1n) is 10.8. The van der Waals surface area contributed by atoms with Gasteiger partial charge in [0.05, 0.1) is 36.1 Å². The van der Waals surface area contributed by atoms with Gasteiger partial charge >= 0.3 is 0 Å². The summed E-state index contributed by atoms with van der Waals surface area (Å²) >= 11 is 1.34. The van der Waals surface area contributed by atoms with Crippen molar-refractivity contribution in [3.05, 3.63) is 52.7 Å². The molecule has 0 spiro atoms. The van der Waals surface area contributed by atoms with Crippen LogP contribution in [0.4, 0.5) is 5.13 Å². The summed E-state index contributed by atoms with van der Waals surface area (Å²) < 4.78 is 16.8. The molecule has 1 fully saturated rings. The molecule has 4 rings (SSSR count). The summed E-state index contributed by atoms with van der Waals surface area (Å²) in [6.07, 6.45) is 1.31. The molecular formula is C23H25N5O5S. The quantitative estimate of drug-likeness (QED) is 0.542. The van der Waals surface area contributed by atoms with Crippen LogP contribution in [0.1, 0.15) is 40.3 Å². The van der Waals surface area contributed by atoms with Gasteiger partial charge in [0.1, 0.15) is 0 Å². The van der Waals surface area contributed by atoms with Gasteiger partial charge in [-0.3, -0.25) is 14.9 Å². The lowest BCUT2D eigenvalue weighted by Gasteiger charge is -2.26. The summed E-state index contributed by atoms with van der Waals surface area (Å²) in [6.45, 7) is 7.73. The van der Waals surface area contributed by atoms with E-state index in [9.17, 15) is 9.59 Å². The lowest BCUT2D eigenvalue weighted by atomic mass is 10.2. The van der Waals surface area contributed by atoms with E-state index in [0.29, 0.717) is 42.6 Å². The Labute approximate surface area is 200 Å². The number of thiazole rings is 1. The molecule has 0 aliphatic carbocycles. The second-order valence-corrected chi connectivity index (χ2v) is 8.70. The summed E-state index contributed by atoms with van der Waals surface area (Å²) in [6, 6.07) is 6.27. The molecule has 11 heteroatoms. The Kier molecular flexibility index (Phi) is 7.33. The fraction of sp³-hybridized carbons (Fsp3) is 0.348. The van der Waals surface area contributed by atoms with Crippen LogP contribution >= 0.6 is 11.3 Å². The van der Waals surface area contributed by atoms with Crippen molar-refractivity contribution in [1.82, 2.24) is 19.9 Å². The predicted octanol–water partition coefficient (Wildman–Crippen LogP) is 3.55. The van der Waals surface area contributed by atoms with Crippen molar-refractivity contribution in [2.75, 3.05) is 31.6 Å². The summed E-state index contributed by atoms with van der Waals surface area (Å²) in [7, 11) is 0. The number of rotatable bonds is 7. The van der Waals surface area contributed by atoms with Gasteiger partial charge in [0, 0.05) is 42.9 Å². The van der Waals surface area contributed by atoms with E-state index in [1.54, 1.807) is 23.1 Å². The Morgan fingerprint density at radius 2 is 1.85 bits per heavy atom. The highest BCUT2D eigenvalue weighted by Crippen LogP contribution is 2.25. The minimum atomic E-state index is -0.366. The molecule has 1 N–H and O–H groups in total. The number of nitrogens with zero attached hydrogens (tertiary/aromatic N) is 4. The zero-order valence-electron chi connectivity index (χ0n) is 19.1. The van der Waals surface area contributed by atoms with Crippen LogP contribution in [0.15, 0.2) is 35.8 Å². The number of pyridine rings is 2. The molecule has 0 atom stereocenters. The molecule has 0 aromatic carbocycles. The van der Waals surface area contributed by atoms with Gasteiger partial charge in [-0.05, 0) is 26.8 Å². The lowest BCUT2D eigenvalue weighted by molar-refractivity contribution is 0.0302. The fourth-order valence-corrected chi connectivity index (χ4v) is 3.85. The molecule has 178 valence electrons. The normalized spacial score (nSPS) is 13.6. The maximum absolute atomic E-state index is 12.8. The third kappa shape index (κ3) is 6.06. The number of morpholine rings is 1. The Morgan fingerprint density at radius 1 is 1.09 bits per heavy atom. The highest BCUT2D eigenvalue weighted by atomic mass is 32.1. The van der Waals surface area contributed by atoms with E-state index >= 15 is 0 Å². The van der Waals surface area contributed by atoms with Crippen LogP contribution in [-0.4, -0.2) is 64.1 Å². The number of nitrogens with one attached hydrogen (secondary N) is 1. The van der Waals surface area contributed by atoms with Crippen molar-refractivity contribution in [2.45, 2.75) is 26.9 Å². The summed E-state index contributed by atoms with van der Waals surface area (Å²) in [5, 5.41) is 5.11. The van der Waals surface area contributed by atoms with Crippen molar-refractivity contribution in [1.29, 1.82) is 0 Å². The molecular weight excluding hydrogens is 458 g/mol. The zero-order valence-corrected chi connectivity index (χ0v) is 19.9. The molecule has 3 aromatic heterocycles. The Bertz CT molecular complexity index is 1160. The fourth-order valence-electron chi connectivity index (χ4n) is 3.17. The van der Waals surface area contributed by atoms with Gasteiger partial charge in [-0.2, -0.15) is 4.98 Å². The van der Waals surface area contributed by atoms with Crippen LogP contribution in [-0.2, 0) is 4.74 Å². The molecule has 0 radical (unpaired) electrons. The van der Waals surface area contributed by atoms with Crippen molar-refractivity contribution < 1.29 is 23.8 Å². The largest absolute Gasteiger partial charge is 0.475 e. The smallest absolute Gasteiger partial charge is 0.257 e. The van der Waals surface area contributed by atoms with Crippen LogP contribution in [0.2, 0.25) is 0 Å². The minimum absolute atomic E-state index is 0.107. The third-order valence-corrected chi connectivity index (χ3v) is 5.60. The van der Waals surface area contributed by atoms with Crippen LogP contribution in [0.25, 0.3) is 0 Å². The maximum Gasteiger partial charge on any atom is 0.257 e. The van der Waals surface area contributed by atoms with E-state index in [1.165, 1.54) is 23.6 Å². The Morgan fingerprint density at radius 3 is 2.50 bits per heavy atom. The summed E-state index contributed by atoms with van der Waals surface area (Å²) in [5.41, 5.74) is 1.58. The van der Waals surface area contributed by atoms with Crippen molar-refractivity contribution in [3.8, 4) is 17.6 Å². The van der Waals surface area contributed by atoms with Crippen LogP contribution in [0.5, 0.6) is 17.6 Å². The van der Waals surface area contributed by atoms with Crippen molar-refractivity contribution in [3.63, 3.8) is 0 Å². The van der Waals surface area contributed by atoms with E-state index in [0.717, 1.165) is 5.69 Å². The number of anilines is 1. The number of hydrogen-bond acceptors (Lipinski definition) is 9. The van der Waals surface area contributed by atoms with E-state index in [1.807, 2.05) is 26.2 Å². The second-order valence-electron chi connectivity index (χ2n) is 7.84. The van der Waals surface area contributed by atoms with E-state index in [-0.39, 0.29) is 35.6 Å². The van der Waals surface area contributed by atoms with Gasteiger partial charge in [-0.1, -0.05) is 0 Å². The summed E-state index contributed by atoms with van der Waals surface area (Å²) in [5.74, 6) is 0.138. The topological polar surface area (TPSA) is 116 Å². The monoisotopic (exact) mass is 483 g/mol. The van der Waals surface area contributed by atoms with Gasteiger partial charge in [0.2, 0.25) is 17.6 Å². The van der Waals surface area contributed by atoms with Crippen molar-refractivity contribution in [2.24, 2.45) is 0 Å². The number of aryl methyl sites for hydroxylation is 1. The van der Waals surface area contributed by atoms with Crippen LogP contribution in [0, 0.1) is 6.92 Å². The highest BCUT2D eigenvalue weighted by molar-refractivity contribution is 7.13. The van der Waals surface area contributed by atoms with Gasteiger partial charge in [0.15, 0.2) is 5.13 Å². The summed E-state index contributed by atoms with van der Waals surface area (Å²) in [4.78, 5) is 39.9. The third-order valence-electron chi connectivity index (χ3n) is 4.73. The molecule has 4 heterocycles. The number of carbonyl (C=O) groups is 2. The van der Waals surface area contributed by atoms with Crippen LogP contribution < -0.4 is 14.8 Å². The molecule has 1 aliphatic rings. The molecule has 1 aliphatic heterocycles. The molecule has 0 unspecified atom stereocenters. The van der Waals surface area contributed by atoms with Gasteiger partial charge in [0.25, 0.3) is 11.8 Å². The van der Waals surface area contributed by atoms with Crippen LogP contribution in [0.3, 0.4) is 0 Å².